The van der Waals surface area contributed by atoms with Crippen molar-refractivity contribution in [2.45, 2.75) is 13.8 Å². The van der Waals surface area contributed by atoms with Crippen LogP contribution in [0.5, 0.6) is 0 Å². The maximum Gasteiger partial charge on any atom is 0.328 e. The molecule has 0 bridgehead atoms. The molecule has 0 aliphatic rings. The van der Waals surface area contributed by atoms with Crippen molar-refractivity contribution in [1.29, 1.82) is 0 Å². The summed E-state index contributed by atoms with van der Waals surface area (Å²) in [6.45, 7) is 4.21. The predicted molar refractivity (Wildman–Crippen MR) is 74.2 cm³/mol. The first kappa shape index (κ1) is 15.6. The molecule has 0 spiro atoms. The molecule has 19 heavy (non-hydrogen) atoms. The molecule has 0 aliphatic carbocycles. The molecule has 1 heterocycles. The summed E-state index contributed by atoms with van der Waals surface area (Å²) in [6, 6.07) is 0. The van der Waals surface area contributed by atoms with Crippen molar-refractivity contribution in [2.24, 2.45) is 0 Å². The number of anilines is 1. The number of carboxylic acids is 1. The van der Waals surface area contributed by atoms with Gasteiger partial charge in [-0.15, -0.1) is 0 Å². The summed E-state index contributed by atoms with van der Waals surface area (Å²) in [6.07, 6.45) is 3.73. The highest BCUT2D eigenvalue weighted by molar-refractivity contribution is 7.90. The molecular weight excluding hydrogens is 290 g/mol. The molecule has 0 aromatic carbocycles. The number of nitrogens with zero attached hydrogens (tertiary/aromatic N) is 2. The molecule has 106 valence electrons. The predicted octanol–water partition coefficient (Wildman–Crippen LogP) is 1.24. The summed E-state index contributed by atoms with van der Waals surface area (Å²) in [4.78, 5) is 14.8. The topological polar surface area (TPSA) is 99.6 Å². The lowest BCUT2D eigenvalue weighted by atomic mass is 10.4. The van der Waals surface area contributed by atoms with Gasteiger partial charge in [-0.05, 0) is 6.08 Å². The number of thiazole rings is 1. The molecule has 0 aliphatic heterocycles. The number of aromatic nitrogens is 1. The van der Waals surface area contributed by atoms with Crippen molar-refractivity contribution in [3.63, 3.8) is 0 Å². The Balaban J connectivity index is 2.81. The standard InChI is InChI=1S/C10H15N3O4S2/c1-3-13(4-2)19(16,17)12-10-11-7-8(18-10)5-6-9(14)15/h5-7H,3-4H2,1-2H3,(H,11,12)(H,14,15)/b6-5+. The van der Waals surface area contributed by atoms with Crippen LogP contribution in [0, 0.1) is 0 Å². The van der Waals surface area contributed by atoms with Gasteiger partial charge in [-0.3, -0.25) is 0 Å². The maximum absolute atomic E-state index is 11.9. The zero-order valence-corrected chi connectivity index (χ0v) is 12.2. The first-order chi connectivity index (χ1) is 8.89. The Morgan fingerprint density at radius 2 is 2.16 bits per heavy atom. The lowest BCUT2D eigenvalue weighted by Crippen LogP contribution is -2.35. The molecule has 0 saturated carbocycles. The highest BCUT2D eigenvalue weighted by atomic mass is 32.2. The van der Waals surface area contributed by atoms with E-state index >= 15 is 0 Å². The highest BCUT2D eigenvalue weighted by Crippen LogP contribution is 2.21. The lowest BCUT2D eigenvalue weighted by molar-refractivity contribution is -0.131. The largest absolute Gasteiger partial charge is 0.478 e. The molecule has 7 nitrogen and oxygen atoms in total. The summed E-state index contributed by atoms with van der Waals surface area (Å²) >= 11 is 1.06. The molecule has 0 radical (unpaired) electrons. The van der Waals surface area contributed by atoms with Crippen LogP contribution in [-0.2, 0) is 15.0 Å². The Bertz CT molecular complexity index is 561. The fourth-order valence-electron chi connectivity index (χ4n) is 1.30. The van der Waals surface area contributed by atoms with Gasteiger partial charge in [-0.25, -0.2) is 14.5 Å². The van der Waals surface area contributed by atoms with E-state index in [0.717, 1.165) is 17.4 Å². The fraction of sp³-hybridized carbons (Fsp3) is 0.400. The van der Waals surface area contributed by atoms with Gasteiger partial charge in [-0.2, -0.15) is 12.7 Å². The van der Waals surface area contributed by atoms with E-state index in [4.69, 9.17) is 5.11 Å². The number of aliphatic carboxylic acids is 1. The molecule has 2 N–H and O–H groups in total. The van der Waals surface area contributed by atoms with E-state index in [1.54, 1.807) is 13.8 Å². The smallest absolute Gasteiger partial charge is 0.328 e. The van der Waals surface area contributed by atoms with Crippen molar-refractivity contribution < 1.29 is 18.3 Å². The van der Waals surface area contributed by atoms with Crippen molar-refractivity contribution in [3.8, 4) is 0 Å². The molecule has 0 fully saturated rings. The number of rotatable bonds is 7. The van der Waals surface area contributed by atoms with E-state index in [1.165, 1.54) is 16.6 Å². The number of carboxylic acid groups (broad SMARTS) is 1. The van der Waals surface area contributed by atoms with Crippen LogP contribution in [0.1, 0.15) is 18.7 Å². The van der Waals surface area contributed by atoms with Crippen LogP contribution < -0.4 is 4.72 Å². The maximum atomic E-state index is 11.9. The molecular formula is C10H15N3O4S2. The van der Waals surface area contributed by atoms with Gasteiger partial charge >= 0.3 is 16.2 Å². The highest BCUT2D eigenvalue weighted by Gasteiger charge is 2.19. The summed E-state index contributed by atoms with van der Waals surface area (Å²) in [7, 11) is -3.60. The second kappa shape index (κ2) is 6.64. The molecule has 0 saturated heterocycles. The minimum atomic E-state index is -3.60. The van der Waals surface area contributed by atoms with Crippen molar-refractivity contribution >= 4 is 38.7 Å². The second-order valence-corrected chi connectivity index (χ2v) is 6.16. The zero-order chi connectivity index (χ0) is 14.5. The van der Waals surface area contributed by atoms with Gasteiger partial charge < -0.3 is 5.11 Å². The van der Waals surface area contributed by atoms with Gasteiger partial charge in [-0.1, -0.05) is 25.2 Å². The average Bonchev–Trinajstić information content (AvgIpc) is 2.74. The van der Waals surface area contributed by atoms with Crippen molar-refractivity contribution in [2.75, 3.05) is 17.8 Å². The van der Waals surface area contributed by atoms with Gasteiger partial charge in [0.15, 0.2) is 5.13 Å². The Morgan fingerprint density at radius 1 is 1.53 bits per heavy atom. The van der Waals surface area contributed by atoms with Gasteiger partial charge in [0.1, 0.15) is 0 Å². The van der Waals surface area contributed by atoms with Crippen LogP contribution in [0.15, 0.2) is 12.3 Å². The SMILES string of the molecule is CCN(CC)S(=O)(=O)Nc1ncc(/C=C/C(=O)O)s1. The van der Waals surface area contributed by atoms with Crippen LogP contribution in [0.2, 0.25) is 0 Å². The Morgan fingerprint density at radius 3 is 2.68 bits per heavy atom. The quantitative estimate of drug-likeness (QED) is 0.738. The van der Waals surface area contributed by atoms with E-state index in [-0.39, 0.29) is 5.13 Å². The van der Waals surface area contributed by atoms with Crippen LogP contribution in [-0.4, -0.2) is 41.9 Å². The molecule has 1 aromatic heterocycles. The lowest BCUT2D eigenvalue weighted by Gasteiger charge is -2.17. The molecule has 1 aromatic rings. The van der Waals surface area contributed by atoms with Gasteiger partial charge in [0.25, 0.3) is 0 Å². The first-order valence-electron chi connectivity index (χ1n) is 5.53. The second-order valence-electron chi connectivity index (χ2n) is 3.43. The van der Waals surface area contributed by atoms with Crippen LogP contribution >= 0.6 is 11.3 Å². The molecule has 0 amide bonds. The molecule has 0 unspecified atom stereocenters. The normalized spacial score (nSPS) is 12.2. The van der Waals surface area contributed by atoms with Crippen LogP contribution in [0.3, 0.4) is 0 Å². The molecule has 0 atom stereocenters. The summed E-state index contributed by atoms with van der Waals surface area (Å²) < 4.78 is 27.4. The fourth-order valence-corrected chi connectivity index (χ4v) is 3.44. The van der Waals surface area contributed by atoms with Crippen molar-refractivity contribution in [3.05, 3.63) is 17.2 Å². The van der Waals surface area contributed by atoms with Gasteiger partial charge in [0.2, 0.25) is 0 Å². The third-order valence-electron chi connectivity index (χ3n) is 2.18. The molecule has 1 rings (SSSR count). The number of carbonyl (C=O) groups is 1. The monoisotopic (exact) mass is 305 g/mol. The first-order valence-corrected chi connectivity index (χ1v) is 7.79. The summed E-state index contributed by atoms with van der Waals surface area (Å²) in [5.41, 5.74) is 0. The zero-order valence-electron chi connectivity index (χ0n) is 10.5. The third-order valence-corrected chi connectivity index (χ3v) is 4.83. The van der Waals surface area contributed by atoms with E-state index in [0.29, 0.717) is 18.0 Å². The van der Waals surface area contributed by atoms with E-state index in [2.05, 4.69) is 9.71 Å². The average molecular weight is 305 g/mol. The Labute approximate surface area is 115 Å². The minimum Gasteiger partial charge on any atom is -0.478 e. The van der Waals surface area contributed by atoms with Crippen LogP contribution in [0.4, 0.5) is 5.13 Å². The third kappa shape index (κ3) is 4.62. The Kier molecular flexibility index (Phi) is 5.45. The summed E-state index contributed by atoms with van der Waals surface area (Å²) in [5, 5.41) is 8.69. The number of hydrogen-bond acceptors (Lipinski definition) is 5. The van der Waals surface area contributed by atoms with Crippen molar-refractivity contribution in [1.82, 2.24) is 9.29 Å². The number of nitrogens with one attached hydrogen (secondary N) is 1. The minimum absolute atomic E-state index is 0.205. The van der Waals surface area contributed by atoms with Gasteiger partial charge in [0.05, 0.1) is 0 Å². The summed E-state index contributed by atoms with van der Waals surface area (Å²) in [5.74, 6) is -1.07. The van der Waals surface area contributed by atoms with E-state index in [9.17, 15) is 13.2 Å². The van der Waals surface area contributed by atoms with Gasteiger partial charge in [0, 0.05) is 30.2 Å². The van der Waals surface area contributed by atoms with Crippen LogP contribution in [0.25, 0.3) is 6.08 Å². The molecule has 9 heteroatoms. The van der Waals surface area contributed by atoms with E-state index < -0.39 is 16.2 Å². The Hall–Kier alpha value is -1.45. The number of hydrogen-bond donors (Lipinski definition) is 2. The van der Waals surface area contributed by atoms with E-state index in [1.807, 2.05) is 0 Å².